The van der Waals surface area contributed by atoms with Crippen molar-refractivity contribution in [3.8, 4) is 11.5 Å². The van der Waals surface area contributed by atoms with Crippen LogP contribution in [-0.4, -0.2) is 22.8 Å². The van der Waals surface area contributed by atoms with E-state index in [2.05, 4.69) is 5.32 Å². The summed E-state index contributed by atoms with van der Waals surface area (Å²) in [6.45, 7) is 1.74. The summed E-state index contributed by atoms with van der Waals surface area (Å²) in [6.07, 6.45) is -3.55. The number of anilines is 1. The fourth-order valence-electron chi connectivity index (χ4n) is 3.46. The second-order valence-electron chi connectivity index (χ2n) is 8.00. The van der Waals surface area contributed by atoms with Crippen molar-refractivity contribution in [2.24, 2.45) is 0 Å². The van der Waals surface area contributed by atoms with Gasteiger partial charge in [0.05, 0.1) is 16.2 Å². The van der Waals surface area contributed by atoms with E-state index in [1.165, 1.54) is 42.5 Å². The molecule has 0 atom stereocenters. The third-order valence-corrected chi connectivity index (χ3v) is 5.82. The summed E-state index contributed by atoms with van der Waals surface area (Å²) in [5.41, 5.74) is -1.23. The third-order valence-electron chi connectivity index (χ3n) is 5.42. The van der Waals surface area contributed by atoms with Crippen molar-refractivity contribution in [1.82, 2.24) is 5.32 Å². The molecule has 0 aliphatic carbocycles. The molecule has 1 N–H and O–H groups in total. The molecule has 0 spiro atoms. The number of nitrogens with one attached hydrogen (secondary N) is 1. The number of nitro benzene ring substituents is 1. The van der Waals surface area contributed by atoms with Gasteiger partial charge in [-0.25, -0.2) is 9.69 Å². The lowest BCUT2D eigenvalue weighted by atomic mass is 10.1. The maximum absolute atomic E-state index is 13.0. The highest BCUT2D eigenvalue weighted by Crippen LogP contribution is 2.38. The Morgan fingerprint density at radius 1 is 1.03 bits per heavy atom. The van der Waals surface area contributed by atoms with Gasteiger partial charge in [0.2, 0.25) is 5.75 Å². The normalized spacial score (nSPS) is 15.0. The van der Waals surface area contributed by atoms with Crippen molar-refractivity contribution in [1.29, 1.82) is 0 Å². The monoisotopic (exact) mass is 545 g/mol. The highest BCUT2D eigenvalue weighted by atomic mass is 35.5. The summed E-state index contributed by atoms with van der Waals surface area (Å²) in [7, 11) is 0. The number of hydrogen-bond donors (Lipinski definition) is 1. The van der Waals surface area contributed by atoms with Gasteiger partial charge in [-0.2, -0.15) is 13.2 Å². The van der Waals surface area contributed by atoms with Crippen LogP contribution in [0.25, 0.3) is 6.08 Å². The number of halogens is 4. The number of barbiturate groups is 1. The number of nitrogens with zero attached hydrogens (tertiary/aromatic N) is 2. The van der Waals surface area contributed by atoms with Gasteiger partial charge < -0.3 is 4.74 Å². The van der Waals surface area contributed by atoms with Gasteiger partial charge in [0.25, 0.3) is 11.8 Å². The van der Waals surface area contributed by atoms with Gasteiger partial charge in [0, 0.05) is 11.1 Å². The predicted molar refractivity (Wildman–Crippen MR) is 130 cm³/mol. The number of ether oxygens (including phenoxy) is 1. The number of hydrogen-bond acceptors (Lipinski definition) is 6. The minimum atomic E-state index is -4.77. The van der Waals surface area contributed by atoms with Crippen LogP contribution in [-0.2, 0) is 15.8 Å². The number of urea groups is 1. The Morgan fingerprint density at radius 2 is 1.71 bits per heavy atom. The summed E-state index contributed by atoms with van der Waals surface area (Å²) in [6, 6.07) is 10.9. The van der Waals surface area contributed by atoms with E-state index < -0.39 is 45.9 Å². The maximum atomic E-state index is 13.0. The number of rotatable bonds is 5. The van der Waals surface area contributed by atoms with Crippen LogP contribution in [0.2, 0.25) is 5.02 Å². The smallest absolute Gasteiger partial charge is 0.416 e. The molecule has 1 heterocycles. The summed E-state index contributed by atoms with van der Waals surface area (Å²) < 4.78 is 44.1. The Labute approximate surface area is 217 Å². The number of nitro groups is 1. The van der Waals surface area contributed by atoms with Gasteiger partial charge in [-0.1, -0.05) is 29.8 Å². The molecule has 1 fully saturated rings. The van der Waals surface area contributed by atoms with Crippen molar-refractivity contribution in [3.05, 3.63) is 98.1 Å². The van der Waals surface area contributed by atoms with E-state index in [0.29, 0.717) is 22.7 Å². The van der Waals surface area contributed by atoms with Gasteiger partial charge in [-0.05, 0) is 60.5 Å². The van der Waals surface area contributed by atoms with Crippen LogP contribution in [0.1, 0.15) is 16.7 Å². The molecule has 38 heavy (non-hydrogen) atoms. The maximum Gasteiger partial charge on any atom is 0.416 e. The first-order chi connectivity index (χ1) is 17.8. The SMILES string of the molecule is Cc1ccc(N2C(=O)NC(=O)/C(=C/c3ccc(Oc4ccc(C(F)(F)F)cc4[N+](=O)[O-])cc3)C2=O)cc1Cl. The minimum absolute atomic E-state index is 0.0422. The number of amides is 4. The minimum Gasteiger partial charge on any atom is -0.450 e. The van der Waals surface area contributed by atoms with E-state index in [-0.39, 0.29) is 17.0 Å². The lowest BCUT2D eigenvalue weighted by Crippen LogP contribution is -2.54. The molecule has 13 heteroatoms. The molecule has 3 aromatic rings. The quantitative estimate of drug-likeness (QED) is 0.181. The molecule has 0 aromatic heterocycles. The zero-order chi connectivity index (χ0) is 27.8. The van der Waals surface area contributed by atoms with Crippen LogP contribution < -0.4 is 15.0 Å². The summed E-state index contributed by atoms with van der Waals surface area (Å²) in [5.74, 6) is -2.18. The summed E-state index contributed by atoms with van der Waals surface area (Å²) in [4.78, 5) is 48.8. The second kappa shape index (κ2) is 9.98. The standard InChI is InChI=1S/C25H15ClF3N3O6/c1-13-2-6-16(12-19(13)26)31-23(34)18(22(33)30-24(31)35)10-14-3-7-17(8-4-14)38-21-9-5-15(25(27,28)29)11-20(21)32(36)37/h2-12H,1H3,(H,30,33,35)/b18-10-. The van der Waals surface area contributed by atoms with E-state index in [0.717, 1.165) is 16.5 Å². The molecule has 9 nitrogen and oxygen atoms in total. The topological polar surface area (TPSA) is 119 Å². The first-order valence-electron chi connectivity index (χ1n) is 10.7. The van der Waals surface area contributed by atoms with Crippen LogP contribution >= 0.6 is 11.6 Å². The fourth-order valence-corrected chi connectivity index (χ4v) is 3.64. The highest BCUT2D eigenvalue weighted by Gasteiger charge is 2.37. The Hall–Kier alpha value is -4.71. The van der Waals surface area contributed by atoms with Crippen molar-refractivity contribution in [3.63, 3.8) is 0 Å². The molecule has 0 radical (unpaired) electrons. The molecule has 4 amide bonds. The Kier molecular flexibility index (Phi) is 6.92. The molecule has 0 bridgehead atoms. The fraction of sp³-hybridized carbons (Fsp3) is 0.0800. The van der Waals surface area contributed by atoms with E-state index in [1.54, 1.807) is 13.0 Å². The lowest BCUT2D eigenvalue weighted by Gasteiger charge is -2.26. The third kappa shape index (κ3) is 5.34. The number of alkyl halides is 3. The highest BCUT2D eigenvalue weighted by molar-refractivity contribution is 6.39. The number of carbonyl (C=O) groups excluding carboxylic acids is 3. The van der Waals surface area contributed by atoms with Crippen LogP contribution in [0.5, 0.6) is 11.5 Å². The van der Waals surface area contributed by atoms with Crippen LogP contribution in [0.4, 0.5) is 29.3 Å². The summed E-state index contributed by atoms with van der Waals surface area (Å²) in [5, 5.41) is 13.7. The number of carbonyl (C=O) groups is 3. The average Bonchev–Trinajstić information content (AvgIpc) is 2.84. The van der Waals surface area contributed by atoms with Crippen molar-refractivity contribution in [2.45, 2.75) is 13.1 Å². The molecule has 1 aliphatic heterocycles. The zero-order valence-corrected chi connectivity index (χ0v) is 20.0. The Balaban J connectivity index is 1.59. The molecule has 3 aromatic carbocycles. The first-order valence-corrected chi connectivity index (χ1v) is 11.0. The van der Waals surface area contributed by atoms with Gasteiger partial charge in [0.15, 0.2) is 0 Å². The molecule has 0 saturated carbocycles. The van der Waals surface area contributed by atoms with Gasteiger partial charge in [-0.3, -0.25) is 25.0 Å². The Bertz CT molecular complexity index is 1520. The molecule has 4 rings (SSSR count). The van der Waals surface area contributed by atoms with Gasteiger partial charge in [0.1, 0.15) is 11.3 Å². The molecular weight excluding hydrogens is 531 g/mol. The van der Waals surface area contributed by atoms with E-state index in [9.17, 15) is 37.7 Å². The number of aryl methyl sites for hydroxylation is 1. The lowest BCUT2D eigenvalue weighted by molar-refractivity contribution is -0.385. The number of benzene rings is 3. The number of imide groups is 2. The van der Waals surface area contributed by atoms with Crippen molar-refractivity contribution in [2.75, 3.05) is 4.90 Å². The van der Waals surface area contributed by atoms with Crippen molar-refractivity contribution < 1.29 is 37.2 Å². The largest absolute Gasteiger partial charge is 0.450 e. The van der Waals surface area contributed by atoms with E-state index in [1.807, 2.05) is 0 Å². The van der Waals surface area contributed by atoms with Gasteiger partial charge in [-0.15, -0.1) is 0 Å². The zero-order valence-electron chi connectivity index (χ0n) is 19.2. The second-order valence-corrected chi connectivity index (χ2v) is 8.41. The van der Waals surface area contributed by atoms with Crippen LogP contribution in [0.15, 0.2) is 66.2 Å². The first kappa shape index (κ1) is 26.4. The van der Waals surface area contributed by atoms with Crippen LogP contribution in [0.3, 0.4) is 0 Å². The molecular formula is C25H15ClF3N3O6. The molecule has 194 valence electrons. The molecule has 1 saturated heterocycles. The predicted octanol–water partition coefficient (Wildman–Crippen LogP) is 6.03. The van der Waals surface area contributed by atoms with E-state index >= 15 is 0 Å². The molecule has 0 unspecified atom stereocenters. The Morgan fingerprint density at radius 3 is 2.32 bits per heavy atom. The van der Waals surface area contributed by atoms with Crippen LogP contribution in [0, 0.1) is 17.0 Å². The average molecular weight is 546 g/mol. The summed E-state index contributed by atoms with van der Waals surface area (Å²) >= 11 is 6.10. The van der Waals surface area contributed by atoms with E-state index in [4.69, 9.17) is 16.3 Å². The van der Waals surface area contributed by atoms with Crippen molar-refractivity contribution >= 4 is 46.9 Å². The van der Waals surface area contributed by atoms with Gasteiger partial charge >= 0.3 is 17.9 Å². The molecule has 1 aliphatic rings.